The Kier molecular flexibility index (Phi) is 5.88. The van der Waals surface area contributed by atoms with Crippen LogP contribution in [-0.2, 0) is 4.79 Å². The van der Waals surface area contributed by atoms with E-state index in [1.54, 1.807) is 0 Å². The molecule has 0 bridgehead atoms. The molecular formula is C16H28N2O3. The fraction of sp³-hybridized carbons (Fsp3) is 0.875. The molecule has 0 aromatic rings. The smallest absolute Gasteiger partial charge is 0.317 e. The monoisotopic (exact) mass is 296 g/mol. The third-order valence-electron chi connectivity index (χ3n) is 5.05. The highest BCUT2D eigenvalue weighted by Crippen LogP contribution is 2.27. The standard InChI is InChI=1S/C16H28N2O3/c1-2-12-4-3-5-14(10-12)17-16(21)18-8-6-13(7-9-18)11-15(19)20/h12-14H,2-11H2,1H3,(H,17,21)(H,19,20). The number of carboxylic acid groups (broad SMARTS) is 1. The summed E-state index contributed by atoms with van der Waals surface area (Å²) < 4.78 is 0. The molecule has 120 valence electrons. The van der Waals surface area contributed by atoms with E-state index in [-0.39, 0.29) is 18.4 Å². The minimum atomic E-state index is -0.731. The van der Waals surface area contributed by atoms with Crippen molar-refractivity contribution < 1.29 is 14.7 Å². The number of carbonyl (C=O) groups is 2. The molecule has 2 amide bonds. The molecule has 2 fully saturated rings. The summed E-state index contributed by atoms with van der Waals surface area (Å²) in [6.45, 7) is 3.60. The molecule has 0 spiro atoms. The average Bonchev–Trinajstić information content (AvgIpc) is 2.47. The molecule has 1 heterocycles. The maximum atomic E-state index is 12.3. The van der Waals surface area contributed by atoms with Gasteiger partial charge in [-0.25, -0.2) is 4.79 Å². The van der Waals surface area contributed by atoms with E-state index in [0.717, 1.165) is 31.6 Å². The van der Waals surface area contributed by atoms with Crippen LogP contribution < -0.4 is 5.32 Å². The first kappa shape index (κ1) is 16.1. The Morgan fingerprint density at radius 2 is 1.86 bits per heavy atom. The summed E-state index contributed by atoms with van der Waals surface area (Å²) in [5, 5.41) is 12.0. The van der Waals surface area contributed by atoms with Gasteiger partial charge in [-0.05, 0) is 37.5 Å². The molecule has 2 rings (SSSR count). The number of carbonyl (C=O) groups excluding carboxylic acids is 1. The highest BCUT2D eigenvalue weighted by atomic mass is 16.4. The predicted octanol–water partition coefficient (Wildman–Crippen LogP) is 2.85. The molecule has 21 heavy (non-hydrogen) atoms. The van der Waals surface area contributed by atoms with Gasteiger partial charge in [-0.3, -0.25) is 4.79 Å². The number of amides is 2. The highest BCUT2D eigenvalue weighted by Gasteiger charge is 2.27. The third kappa shape index (κ3) is 4.90. The van der Waals surface area contributed by atoms with E-state index >= 15 is 0 Å². The van der Waals surface area contributed by atoms with Crippen LogP contribution in [0.5, 0.6) is 0 Å². The van der Waals surface area contributed by atoms with E-state index in [0.29, 0.717) is 19.1 Å². The van der Waals surface area contributed by atoms with Gasteiger partial charge in [-0.1, -0.05) is 26.2 Å². The molecule has 2 aliphatic rings. The summed E-state index contributed by atoms with van der Waals surface area (Å²) in [6, 6.07) is 0.374. The predicted molar refractivity (Wildman–Crippen MR) is 81.1 cm³/mol. The number of carboxylic acids is 1. The summed E-state index contributed by atoms with van der Waals surface area (Å²) in [5.74, 6) is 0.252. The zero-order chi connectivity index (χ0) is 15.2. The fourth-order valence-corrected chi connectivity index (χ4v) is 3.65. The van der Waals surface area contributed by atoms with Crippen molar-refractivity contribution >= 4 is 12.0 Å². The first-order valence-electron chi connectivity index (χ1n) is 8.35. The van der Waals surface area contributed by atoms with Crippen molar-refractivity contribution in [1.29, 1.82) is 0 Å². The van der Waals surface area contributed by atoms with Crippen molar-refractivity contribution in [1.82, 2.24) is 10.2 Å². The second-order valence-corrected chi connectivity index (χ2v) is 6.62. The lowest BCUT2D eigenvalue weighted by Crippen LogP contribution is -2.49. The first-order chi connectivity index (χ1) is 10.1. The van der Waals surface area contributed by atoms with E-state index in [9.17, 15) is 9.59 Å². The molecule has 1 aliphatic heterocycles. The molecule has 0 radical (unpaired) electrons. The van der Waals surface area contributed by atoms with Gasteiger partial charge in [0.2, 0.25) is 0 Å². The highest BCUT2D eigenvalue weighted by molar-refractivity contribution is 5.74. The summed E-state index contributed by atoms with van der Waals surface area (Å²) >= 11 is 0. The molecule has 5 heteroatoms. The fourth-order valence-electron chi connectivity index (χ4n) is 3.65. The molecule has 1 saturated heterocycles. The van der Waals surface area contributed by atoms with Gasteiger partial charge in [-0.2, -0.15) is 0 Å². The molecule has 1 aliphatic carbocycles. The number of urea groups is 1. The Hall–Kier alpha value is -1.26. The van der Waals surface area contributed by atoms with Gasteiger partial charge < -0.3 is 15.3 Å². The Morgan fingerprint density at radius 1 is 1.14 bits per heavy atom. The van der Waals surface area contributed by atoms with E-state index in [2.05, 4.69) is 12.2 Å². The second-order valence-electron chi connectivity index (χ2n) is 6.62. The van der Waals surface area contributed by atoms with Crippen LogP contribution in [0.3, 0.4) is 0 Å². The van der Waals surface area contributed by atoms with Crippen LogP contribution in [0.2, 0.25) is 0 Å². The maximum Gasteiger partial charge on any atom is 0.317 e. The minimum absolute atomic E-state index is 0.0468. The van der Waals surface area contributed by atoms with Crippen LogP contribution in [0.15, 0.2) is 0 Å². The maximum absolute atomic E-state index is 12.3. The lowest BCUT2D eigenvalue weighted by Gasteiger charge is -2.34. The van der Waals surface area contributed by atoms with E-state index < -0.39 is 5.97 Å². The first-order valence-corrected chi connectivity index (χ1v) is 8.35. The average molecular weight is 296 g/mol. The van der Waals surface area contributed by atoms with Crippen LogP contribution in [0.25, 0.3) is 0 Å². The van der Waals surface area contributed by atoms with Crippen LogP contribution in [0, 0.1) is 11.8 Å². The molecule has 1 saturated carbocycles. The van der Waals surface area contributed by atoms with E-state index in [4.69, 9.17) is 5.11 Å². The lowest BCUT2D eigenvalue weighted by atomic mass is 9.84. The third-order valence-corrected chi connectivity index (χ3v) is 5.05. The Labute approximate surface area is 127 Å². The van der Waals surface area contributed by atoms with Crippen molar-refractivity contribution in [2.75, 3.05) is 13.1 Å². The van der Waals surface area contributed by atoms with Gasteiger partial charge in [0.05, 0.1) is 0 Å². The number of aliphatic carboxylic acids is 1. The number of likely N-dealkylation sites (tertiary alicyclic amines) is 1. The largest absolute Gasteiger partial charge is 0.481 e. The SMILES string of the molecule is CCC1CCCC(NC(=O)N2CCC(CC(=O)O)CC2)C1. The van der Waals surface area contributed by atoms with Crippen molar-refractivity contribution in [2.45, 2.75) is 64.3 Å². The van der Waals surface area contributed by atoms with Crippen LogP contribution >= 0.6 is 0 Å². The molecule has 2 atom stereocenters. The second kappa shape index (κ2) is 7.66. The van der Waals surface area contributed by atoms with Gasteiger partial charge in [-0.15, -0.1) is 0 Å². The molecule has 0 aromatic carbocycles. The van der Waals surface area contributed by atoms with Gasteiger partial charge in [0, 0.05) is 25.6 Å². The zero-order valence-corrected chi connectivity index (χ0v) is 13.0. The summed E-state index contributed by atoms with van der Waals surface area (Å²) in [5.41, 5.74) is 0. The Morgan fingerprint density at radius 3 is 2.48 bits per heavy atom. The zero-order valence-electron chi connectivity index (χ0n) is 13.0. The summed E-state index contributed by atoms with van der Waals surface area (Å²) in [6.07, 6.45) is 7.76. The number of piperidine rings is 1. The van der Waals surface area contributed by atoms with E-state index in [1.807, 2.05) is 4.90 Å². The van der Waals surface area contributed by atoms with Crippen molar-refractivity contribution in [3.8, 4) is 0 Å². The topological polar surface area (TPSA) is 69.6 Å². The normalized spacial score (nSPS) is 27.4. The number of nitrogens with one attached hydrogen (secondary N) is 1. The van der Waals surface area contributed by atoms with Crippen molar-refractivity contribution in [2.24, 2.45) is 11.8 Å². The molecule has 0 aromatic heterocycles. The lowest BCUT2D eigenvalue weighted by molar-refractivity contribution is -0.138. The molecule has 5 nitrogen and oxygen atoms in total. The molecule has 2 N–H and O–H groups in total. The Bertz CT molecular complexity index is 365. The quantitative estimate of drug-likeness (QED) is 0.838. The molecule has 2 unspecified atom stereocenters. The minimum Gasteiger partial charge on any atom is -0.481 e. The number of hydrogen-bond acceptors (Lipinski definition) is 2. The van der Waals surface area contributed by atoms with Gasteiger partial charge >= 0.3 is 12.0 Å². The van der Waals surface area contributed by atoms with Crippen LogP contribution in [0.4, 0.5) is 4.79 Å². The number of nitrogens with zero attached hydrogens (tertiary/aromatic N) is 1. The van der Waals surface area contributed by atoms with Crippen molar-refractivity contribution in [3.63, 3.8) is 0 Å². The number of hydrogen-bond donors (Lipinski definition) is 2. The number of rotatable bonds is 4. The summed E-state index contributed by atoms with van der Waals surface area (Å²) in [7, 11) is 0. The summed E-state index contributed by atoms with van der Waals surface area (Å²) in [4.78, 5) is 24.9. The van der Waals surface area contributed by atoms with Crippen LogP contribution in [-0.4, -0.2) is 41.1 Å². The van der Waals surface area contributed by atoms with Crippen LogP contribution in [0.1, 0.15) is 58.3 Å². The van der Waals surface area contributed by atoms with Gasteiger partial charge in [0.1, 0.15) is 0 Å². The van der Waals surface area contributed by atoms with Crippen molar-refractivity contribution in [3.05, 3.63) is 0 Å². The van der Waals surface area contributed by atoms with Gasteiger partial charge in [0.15, 0.2) is 0 Å². The van der Waals surface area contributed by atoms with E-state index in [1.165, 1.54) is 19.3 Å². The molecular weight excluding hydrogens is 268 g/mol. The van der Waals surface area contributed by atoms with Gasteiger partial charge in [0.25, 0.3) is 0 Å². The Balaban J connectivity index is 1.73.